The van der Waals surface area contributed by atoms with E-state index in [2.05, 4.69) is 49.9 Å². The number of Topliss-reactive ketones (excluding diaryl/α,β-unsaturated/α-hetero) is 1. The van der Waals surface area contributed by atoms with Gasteiger partial charge in [-0.15, -0.1) is 0 Å². The summed E-state index contributed by atoms with van der Waals surface area (Å²) in [6.07, 6.45) is 5.69. The lowest BCUT2D eigenvalue weighted by atomic mass is 9.87. The van der Waals surface area contributed by atoms with Crippen molar-refractivity contribution in [3.8, 4) is 11.3 Å². The molecule has 166 valence electrons. The molecule has 4 aromatic rings. The van der Waals surface area contributed by atoms with Crippen LogP contribution in [0.1, 0.15) is 31.1 Å². The van der Waals surface area contributed by atoms with Crippen LogP contribution < -0.4 is 0 Å². The Hall–Kier alpha value is -3.03. The molecule has 0 radical (unpaired) electrons. The van der Waals surface area contributed by atoms with Gasteiger partial charge >= 0.3 is 0 Å². The van der Waals surface area contributed by atoms with E-state index in [1.165, 1.54) is 5.52 Å². The van der Waals surface area contributed by atoms with Crippen LogP contribution in [0.25, 0.3) is 33.3 Å². The van der Waals surface area contributed by atoms with E-state index in [4.69, 9.17) is 9.72 Å². The molecule has 0 atom stereocenters. The van der Waals surface area contributed by atoms with E-state index in [9.17, 15) is 4.79 Å². The van der Waals surface area contributed by atoms with Crippen LogP contribution in [0.3, 0.4) is 0 Å². The summed E-state index contributed by atoms with van der Waals surface area (Å²) in [6, 6.07) is 8.39. The SMILES string of the molecule is CC(C)(C)C(=O)c1c[nH]c2ncc(-c3cn(CCN4CCOCC4)c4ccccc34)nc12. The molecule has 7 heteroatoms. The largest absolute Gasteiger partial charge is 0.379 e. The lowest BCUT2D eigenvalue weighted by molar-refractivity contribution is 0.0365. The van der Waals surface area contributed by atoms with Crippen LogP contribution in [0.15, 0.2) is 42.9 Å². The molecule has 5 rings (SSSR count). The summed E-state index contributed by atoms with van der Waals surface area (Å²) in [4.78, 5) is 28.0. The summed E-state index contributed by atoms with van der Waals surface area (Å²) in [5, 5.41) is 1.14. The van der Waals surface area contributed by atoms with Crippen molar-refractivity contribution in [2.45, 2.75) is 27.3 Å². The van der Waals surface area contributed by atoms with E-state index >= 15 is 0 Å². The molecule has 1 aliphatic heterocycles. The first kappa shape index (κ1) is 20.8. The number of para-hydroxylation sites is 1. The highest BCUT2D eigenvalue weighted by Gasteiger charge is 2.26. The number of fused-ring (bicyclic) bond motifs is 2. The molecule has 1 fully saturated rings. The number of ketones is 1. The third-order valence-corrected chi connectivity index (χ3v) is 6.13. The Labute approximate surface area is 187 Å². The fourth-order valence-electron chi connectivity index (χ4n) is 4.31. The molecule has 0 aliphatic carbocycles. The summed E-state index contributed by atoms with van der Waals surface area (Å²) in [6.45, 7) is 11.2. The van der Waals surface area contributed by atoms with Gasteiger partial charge in [0.15, 0.2) is 11.4 Å². The van der Waals surface area contributed by atoms with Gasteiger partial charge in [0.05, 0.1) is 30.7 Å². The Morgan fingerprint density at radius 3 is 2.72 bits per heavy atom. The zero-order valence-corrected chi connectivity index (χ0v) is 18.9. The average molecular weight is 432 g/mol. The first-order valence-corrected chi connectivity index (χ1v) is 11.2. The van der Waals surface area contributed by atoms with Gasteiger partial charge in [0.25, 0.3) is 0 Å². The lowest BCUT2D eigenvalue weighted by Crippen LogP contribution is -2.38. The number of hydrogen-bond acceptors (Lipinski definition) is 5. The minimum absolute atomic E-state index is 0.0585. The Kier molecular flexibility index (Phi) is 5.31. The predicted molar refractivity (Wildman–Crippen MR) is 126 cm³/mol. The van der Waals surface area contributed by atoms with Crippen LogP contribution in [0.5, 0.6) is 0 Å². The van der Waals surface area contributed by atoms with Crippen LogP contribution in [0, 0.1) is 5.41 Å². The van der Waals surface area contributed by atoms with Crippen molar-refractivity contribution in [2.75, 3.05) is 32.8 Å². The number of H-pyrrole nitrogens is 1. The molecule has 4 heterocycles. The highest BCUT2D eigenvalue weighted by Crippen LogP contribution is 2.31. The van der Waals surface area contributed by atoms with Gasteiger partial charge in [-0.1, -0.05) is 39.0 Å². The average Bonchev–Trinajstić information content (AvgIpc) is 3.38. The van der Waals surface area contributed by atoms with Crippen LogP contribution in [-0.4, -0.2) is 63.1 Å². The van der Waals surface area contributed by atoms with Crippen molar-refractivity contribution in [1.29, 1.82) is 0 Å². The normalized spacial score (nSPS) is 15.6. The second-order valence-corrected chi connectivity index (χ2v) is 9.44. The Balaban J connectivity index is 1.53. The van der Waals surface area contributed by atoms with E-state index in [0.29, 0.717) is 16.7 Å². The Morgan fingerprint density at radius 2 is 1.94 bits per heavy atom. The molecule has 1 N–H and O–H groups in total. The fraction of sp³-hybridized carbons (Fsp3) is 0.400. The maximum absolute atomic E-state index is 12.9. The minimum Gasteiger partial charge on any atom is -0.379 e. The quantitative estimate of drug-likeness (QED) is 0.481. The number of hydrogen-bond donors (Lipinski definition) is 1. The number of carbonyl (C=O) groups excluding carboxylic acids is 1. The minimum atomic E-state index is -0.484. The third-order valence-electron chi connectivity index (χ3n) is 6.13. The molecule has 1 aromatic carbocycles. The van der Waals surface area contributed by atoms with Gasteiger partial charge in [0.2, 0.25) is 0 Å². The number of aromatic amines is 1. The number of morpholine rings is 1. The van der Waals surface area contributed by atoms with Crippen molar-refractivity contribution in [3.05, 3.63) is 48.4 Å². The maximum atomic E-state index is 12.9. The molecular weight excluding hydrogens is 402 g/mol. The van der Waals surface area contributed by atoms with Crippen LogP contribution >= 0.6 is 0 Å². The maximum Gasteiger partial charge on any atom is 0.171 e. The van der Waals surface area contributed by atoms with E-state index in [1.54, 1.807) is 12.4 Å². The van der Waals surface area contributed by atoms with Crippen LogP contribution in [0.2, 0.25) is 0 Å². The Morgan fingerprint density at radius 1 is 1.16 bits per heavy atom. The summed E-state index contributed by atoms with van der Waals surface area (Å²) in [5.74, 6) is 0.0585. The van der Waals surface area contributed by atoms with Crippen molar-refractivity contribution in [1.82, 2.24) is 24.4 Å². The molecular formula is C25H29N5O2. The van der Waals surface area contributed by atoms with Crippen molar-refractivity contribution in [3.63, 3.8) is 0 Å². The first-order valence-electron chi connectivity index (χ1n) is 11.2. The zero-order valence-electron chi connectivity index (χ0n) is 18.9. The summed E-state index contributed by atoms with van der Waals surface area (Å²) in [7, 11) is 0. The fourth-order valence-corrected chi connectivity index (χ4v) is 4.31. The number of rotatable bonds is 5. The number of carbonyl (C=O) groups is 1. The highest BCUT2D eigenvalue weighted by atomic mass is 16.5. The molecule has 7 nitrogen and oxygen atoms in total. The molecule has 0 amide bonds. The van der Waals surface area contributed by atoms with Crippen LogP contribution in [0.4, 0.5) is 0 Å². The molecule has 0 bridgehead atoms. The summed E-state index contributed by atoms with van der Waals surface area (Å²) >= 11 is 0. The number of aromatic nitrogens is 4. The van der Waals surface area contributed by atoms with Gasteiger partial charge in [-0.25, -0.2) is 9.97 Å². The van der Waals surface area contributed by atoms with E-state index < -0.39 is 5.41 Å². The van der Waals surface area contributed by atoms with E-state index in [0.717, 1.165) is 56.0 Å². The smallest absolute Gasteiger partial charge is 0.171 e. The molecule has 1 aliphatic rings. The third kappa shape index (κ3) is 3.82. The van der Waals surface area contributed by atoms with Gasteiger partial charge < -0.3 is 14.3 Å². The summed E-state index contributed by atoms with van der Waals surface area (Å²) in [5.41, 5.74) is 4.37. The van der Waals surface area contributed by atoms with Gasteiger partial charge in [0.1, 0.15) is 5.52 Å². The highest BCUT2D eigenvalue weighted by molar-refractivity contribution is 6.08. The van der Waals surface area contributed by atoms with Gasteiger partial charge in [-0.3, -0.25) is 9.69 Å². The molecule has 32 heavy (non-hydrogen) atoms. The second-order valence-electron chi connectivity index (χ2n) is 9.44. The molecule has 1 saturated heterocycles. The van der Waals surface area contributed by atoms with E-state index in [1.807, 2.05) is 20.8 Å². The number of nitrogens with zero attached hydrogens (tertiary/aromatic N) is 4. The van der Waals surface area contributed by atoms with E-state index in [-0.39, 0.29) is 5.78 Å². The van der Waals surface area contributed by atoms with Gasteiger partial charge in [-0.2, -0.15) is 0 Å². The Bertz CT molecular complexity index is 1270. The molecule has 3 aromatic heterocycles. The number of benzene rings is 1. The number of ether oxygens (including phenoxy) is 1. The van der Waals surface area contributed by atoms with Crippen molar-refractivity contribution >= 4 is 27.9 Å². The summed E-state index contributed by atoms with van der Waals surface area (Å²) < 4.78 is 7.77. The second kappa shape index (κ2) is 8.15. The first-order chi connectivity index (χ1) is 15.4. The standard InChI is InChI=1S/C25H29N5O2/c1-25(2,3)23(31)18-14-26-24-22(18)28-20(15-27-24)19-16-30(21-7-5-4-6-17(19)21)9-8-29-10-12-32-13-11-29/h4-7,14-16H,8-13H2,1-3H3,(H,26,27). The van der Waals surface area contributed by atoms with Crippen LogP contribution in [-0.2, 0) is 11.3 Å². The topological polar surface area (TPSA) is 76.0 Å². The van der Waals surface area contributed by atoms with Crippen molar-refractivity contribution in [2.24, 2.45) is 5.41 Å². The van der Waals surface area contributed by atoms with Crippen molar-refractivity contribution < 1.29 is 9.53 Å². The molecule has 0 spiro atoms. The van der Waals surface area contributed by atoms with Gasteiger partial charge in [-0.05, 0) is 6.07 Å². The zero-order chi connectivity index (χ0) is 22.3. The predicted octanol–water partition coefficient (Wildman–Crippen LogP) is 4.14. The van der Waals surface area contributed by atoms with Gasteiger partial charge in [0, 0.05) is 60.5 Å². The molecule has 0 saturated carbocycles. The monoisotopic (exact) mass is 431 g/mol. The molecule has 0 unspecified atom stereocenters. The lowest BCUT2D eigenvalue weighted by Gasteiger charge is -2.26. The number of nitrogens with one attached hydrogen (secondary N) is 1.